The molecule has 0 aliphatic heterocycles. The van der Waals surface area contributed by atoms with Crippen LogP contribution in [0.1, 0.15) is 0 Å². The maximum atomic E-state index is 6.75. The highest BCUT2D eigenvalue weighted by molar-refractivity contribution is 14.1. The molecule has 3 N–H and O–H groups in total. The first-order valence-corrected chi connectivity index (χ1v) is 3.08. The zero-order chi connectivity index (χ0) is 6.57. The second kappa shape index (κ2) is 3.65. The molecule has 0 saturated heterocycles. The summed E-state index contributed by atoms with van der Waals surface area (Å²) in [5.74, 6) is 0. The molecule has 0 atom stereocenters. The van der Waals surface area contributed by atoms with E-state index >= 15 is 0 Å². The van der Waals surface area contributed by atoms with Crippen LogP contribution >= 0.6 is 22.6 Å². The molecular formula is C5H7IN2. The minimum Gasteiger partial charge on any atom is -0.393 e. The molecule has 0 aromatic heterocycles. The second-order valence-corrected chi connectivity index (χ2v) is 2.31. The summed E-state index contributed by atoms with van der Waals surface area (Å²) in [7, 11) is 0. The summed E-state index contributed by atoms with van der Waals surface area (Å²) in [6, 6.07) is 0. The van der Waals surface area contributed by atoms with Crippen LogP contribution in [0.4, 0.5) is 0 Å². The Labute approximate surface area is 62.1 Å². The van der Waals surface area contributed by atoms with Gasteiger partial charge >= 0.3 is 0 Å². The average molecular weight is 222 g/mol. The monoisotopic (exact) mass is 222 g/mol. The lowest BCUT2D eigenvalue weighted by atomic mass is 10.3. The smallest absolute Gasteiger partial charge is 0.0794 e. The number of nitrogens with two attached hydrogens (primary N) is 1. The van der Waals surface area contributed by atoms with Crippen LogP contribution < -0.4 is 5.73 Å². The molecule has 0 unspecified atom stereocenters. The van der Waals surface area contributed by atoms with Crippen molar-refractivity contribution in [3.63, 3.8) is 0 Å². The molecular weight excluding hydrogens is 215 g/mol. The van der Waals surface area contributed by atoms with Gasteiger partial charge in [0.05, 0.1) is 3.70 Å². The fourth-order valence-electron chi connectivity index (χ4n) is 0.225. The van der Waals surface area contributed by atoms with E-state index in [1.54, 1.807) is 6.08 Å². The van der Waals surface area contributed by atoms with E-state index in [1.165, 1.54) is 6.21 Å². The standard InChI is InChI=1S/C5H7IN2/c1-2-4(3-7)5(6)8/h2-3,7H,1,8H2/b5-4-,7-3?. The Balaban J connectivity index is 4.30. The van der Waals surface area contributed by atoms with E-state index in [1.807, 2.05) is 22.6 Å². The minimum absolute atomic E-state index is 0.604. The van der Waals surface area contributed by atoms with Crippen molar-refractivity contribution in [3.05, 3.63) is 21.9 Å². The third-order valence-corrected chi connectivity index (χ3v) is 1.27. The van der Waals surface area contributed by atoms with E-state index in [0.717, 1.165) is 0 Å². The van der Waals surface area contributed by atoms with Crippen LogP contribution in [0, 0.1) is 5.41 Å². The SMILES string of the molecule is C=C/C(C=N)=C(/N)I. The van der Waals surface area contributed by atoms with Gasteiger partial charge in [0, 0.05) is 11.8 Å². The Morgan fingerprint density at radius 1 is 1.75 bits per heavy atom. The summed E-state index contributed by atoms with van der Waals surface area (Å²) >= 11 is 1.94. The summed E-state index contributed by atoms with van der Waals surface area (Å²) in [5.41, 5.74) is 5.97. The zero-order valence-electron chi connectivity index (χ0n) is 4.32. The van der Waals surface area contributed by atoms with E-state index in [-0.39, 0.29) is 0 Å². The molecule has 0 aromatic rings. The number of hydrogen-bond acceptors (Lipinski definition) is 2. The summed E-state index contributed by atoms with van der Waals surface area (Å²) in [6.45, 7) is 3.46. The second-order valence-electron chi connectivity index (χ2n) is 1.15. The third-order valence-electron chi connectivity index (χ3n) is 0.651. The Bertz CT molecular complexity index is 123. The van der Waals surface area contributed by atoms with Gasteiger partial charge < -0.3 is 11.1 Å². The van der Waals surface area contributed by atoms with E-state index in [9.17, 15) is 0 Å². The summed E-state index contributed by atoms with van der Waals surface area (Å²) in [5, 5.41) is 6.75. The molecule has 0 radical (unpaired) electrons. The first-order chi connectivity index (χ1) is 3.72. The van der Waals surface area contributed by atoms with Crippen LogP contribution in [0.2, 0.25) is 0 Å². The molecule has 0 saturated carbocycles. The number of rotatable bonds is 2. The van der Waals surface area contributed by atoms with Gasteiger partial charge in [-0.3, -0.25) is 0 Å². The summed E-state index contributed by atoms with van der Waals surface area (Å²) < 4.78 is 0.604. The van der Waals surface area contributed by atoms with Crippen LogP contribution in [-0.2, 0) is 0 Å². The Morgan fingerprint density at radius 2 is 2.25 bits per heavy atom. The fourth-order valence-corrected chi connectivity index (χ4v) is 0.601. The quantitative estimate of drug-likeness (QED) is 0.315. The van der Waals surface area contributed by atoms with Crippen LogP contribution in [0.3, 0.4) is 0 Å². The molecule has 44 valence electrons. The maximum absolute atomic E-state index is 6.75. The van der Waals surface area contributed by atoms with E-state index in [0.29, 0.717) is 9.28 Å². The number of allylic oxidation sites excluding steroid dienone is 2. The zero-order valence-corrected chi connectivity index (χ0v) is 6.47. The molecule has 0 amide bonds. The normalized spacial score (nSPS) is 12.1. The number of nitrogens with one attached hydrogen (secondary N) is 1. The van der Waals surface area contributed by atoms with E-state index in [4.69, 9.17) is 11.1 Å². The predicted octanol–water partition coefficient (Wildman–Crippen LogP) is 1.43. The molecule has 8 heavy (non-hydrogen) atoms. The van der Waals surface area contributed by atoms with Crippen molar-refractivity contribution in [1.29, 1.82) is 5.41 Å². The lowest BCUT2D eigenvalue weighted by molar-refractivity contribution is 1.50. The number of hydrogen-bond donors (Lipinski definition) is 2. The molecule has 3 heteroatoms. The van der Waals surface area contributed by atoms with Crippen molar-refractivity contribution in [3.8, 4) is 0 Å². The molecule has 0 aliphatic rings. The van der Waals surface area contributed by atoms with E-state index < -0.39 is 0 Å². The van der Waals surface area contributed by atoms with Gasteiger partial charge in [-0.1, -0.05) is 12.7 Å². The lowest BCUT2D eigenvalue weighted by Gasteiger charge is -1.89. The van der Waals surface area contributed by atoms with Crippen molar-refractivity contribution in [2.24, 2.45) is 5.73 Å². The fraction of sp³-hybridized carbons (Fsp3) is 0. The third kappa shape index (κ3) is 2.11. The molecule has 0 aromatic carbocycles. The van der Waals surface area contributed by atoms with Gasteiger partial charge in [-0.2, -0.15) is 0 Å². The van der Waals surface area contributed by atoms with Gasteiger partial charge in [0.25, 0.3) is 0 Å². The maximum Gasteiger partial charge on any atom is 0.0794 e. The predicted molar refractivity (Wildman–Crippen MR) is 44.2 cm³/mol. The molecule has 0 heterocycles. The largest absolute Gasteiger partial charge is 0.393 e. The number of halogens is 1. The Hall–Kier alpha value is -0.320. The summed E-state index contributed by atoms with van der Waals surface area (Å²) in [6.07, 6.45) is 2.73. The minimum atomic E-state index is 0.604. The van der Waals surface area contributed by atoms with Gasteiger partial charge in [0.15, 0.2) is 0 Å². The highest BCUT2D eigenvalue weighted by Gasteiger charge is 1.87. The van der Waals surface area contributed by atoms with Crippen molar-refractivity contribution in [2.75, 3.05) is 0 Å². The average Bonchev–Trinajstić information content (AvgIpc) is 1.69. The molecule has 0 fully saturated rings. The van der Waals surface area contributed by atoms with Crippen LogP contribution in [-0.4, -0.2) is 6.21 Å². The molecule has 0 spiro atoms. The van der Waals surface area contributed by atoms with Crippen molar-refractivity contribution in [2.45, 2.75) is 0 Å². The highest BCUT2D eigenvalue weighted by Crippen LogP contribution is 2.03. The van der Waals surface area contributed by atoms with Gasteiger partial charge in [-0.25, -0.2) is 0 Å². The molecule has 0 aliphatic carbocycles. The van der Waals surface area contributed by atoms with Crippen molar-refractivity contribution < 1.29 is 0 Å². The van der Waals surface area contributed by atoms with E-state index in [2.05, 4.69) is 6.58 Å². The van der Waals surface area contributed by atoms with Crippen LogP contribution in [0.25, 0.3) is 0 Å². The van der Waals surface area contributed by atoms with Gasteiger partial charge in [-0.05, 0) is 22.6 Å². The van der Waals surface area contributed by atoms with Crippen LogP contribution in [0.5, 0.6) is 0 Å². The van der Waals surface area contributed by atoms with Gasteiger partial charge in [0.1, 0.15) is 0 Å². The molecule has 0 rings (SSSR count). The molecule has 2 nitrogen and oxygen atoms in total. The first kappa shape index (κ1) is 7.68. The topological polar surface area (TPSA) is 49.9 Å². The Morgan fingerprint density at radius 3 is 2.25 bits per heavy atom. The van der Waals surface area contributed by atoms with Crippen LogP contribution in [0.15, 0.2) is 21.9 Å². The van der Waals surface area contributed by atoms with Crippen molar-refractivity contribution in [1.82, 2.24) is 0 Å². The van der Waals surface area contributed by atoms with Gasteiger partial charge in [-0.15, -0.1) is 0 Å². The van der Waals surface area contributed by atoms with Crippen molar-refractivity contribution >= 4 is 28.8 Å². The molecule has 0 bridgehead atoms. The van der Waals surface area contributed by atoms with Gasteiger partial charge in [0.2, 0.25) is 0 Å². The highest BCUT2D eigenvalue weighted by atomic mass is 127. The lowest BCUT2D eigenvalue weighted by Crippen LogP contribution is -1.92. The Kier molecular flexibility index (Phi) is 3.51. The summed E-state index contributed by atoms with van der Waals surface area (Å²) in [4.78, 5) is 0. The first-order valence-electron chi connectivity index (χ1n) is 2.00.